The second-order valence-electron chi connectivity index (χ2n) is 4.61. The maximum Gasteiger partial charge on any atom is 0.416 e. The first-order chi connectivity index (χ1) is 9.81. The first kappa shape index (κ1) is 15.9. The summed E-state index contributed by atoms with van der Waals surface area (Å²) in [7, 11) is 0. The number of halogens is 4. The fraction of sp³-hybridized carbons (Fsp3) is 0.286. The molecule has 1 aromatic heterocycles. The molecule has 0 radical (unpaired) electrons. The minimum Gasteiger partial charge on any atom is -0.461 e. The molecule has 1 aromatic carbocycles. The van der Waals surface area contributed by atoms with Crippen molar-refractivity contribution in [1.82, 2.24) is 0 Å². The Morgan fingerprint density at radius 2 is 1.95 bits per heavy atom. The van der Waals surface area contributed by atoms with E-state index in [1.165, 1.54) is 6.07 Å². The molecule has 2 aromatic rings. The van der Waals surface area contributed by atoms with E-state index < -0.39 is 17.8 Å². The summed E-state index contributed by atoms with van der Waals surface area (Å²) in [6.07, 6.45) is -4.11. The van der Waals surface area contributed by atoms with E-state index in [-0.39, 0.29) is 11.6 Å². The third kappa shape index (κ3) is 3.78. The van der Waals surface area contributed by atoms with E-state index in [1.807, 2.05) is 0 Å². The summed E-state index contributed by atoms with van der Waals surface area (Å²) in [6.45, 7) is -0.183. The third-order valence-electron chi connectivity index (χ3n) is 2.92. The minimum absolute atomic E-state index is 0.0443. The highest BCUT2D eigenvalue weighted by Gasteiger charge is 2.31. The summed E-state index contributed by atoms with van der Waals surface area (Å²) >= 11 is 5.89. The first-order valence-electron chi connectivity index (χ1n) is 6.13. The molecule has 1 unspecified atom stereocenters. The lowest BCUT2D eigenvalue weighted by molar-refractivity contribution is -0.137. The van der Waals surface area contributed by atoms with Crippen LogP contribution in [0.25, 0.3) is 11.3 Å². The Morgan fingerprint density at radius 1 is 1.24 bits per heavy atom. The van der Waals surface area contributed by atoms with Crippen LogP contribution in [0.1, 0.15) is 11.3 Å². The molecule has 0 fully saturated rings. The molecular formula is C14H13ClF3NO2. The number of hydrogen-bond donors (Lipinski definition) is 2. The molecule has 0 spiro atoms. The van der Waals surface area contributed by atoms with Crippen molar-refractivity contribution in [3.8, 4) is 11.3 Å². The molecule has 1 heterocycles. The summed E-state index contributed by atoms with van der Waals surface area (Å²) in [5.41, 5.74) is 5.14. The molecule has 0 bridgehead atoms. The van der Waals surface area contributed by atoms with E-state index in [4.69, 9.17) is 26.9 Å². The molecule has 3 N–H and O–H groups in total. The van der Waals surface area contributed by atoms with Gasteiger partial charge in [0.2, 0.25) is 0 Å². The summed E-state index contributed by atoms with van der Waals surface area (Å²) in [4.78, 5) is 0. The molecular weight excluding hydrogens is 307 g/mol. The first-order valence-corrected chi connectivity index (χ1v) is 6.51. The number of furan rings is 1. The van der Waals surface area contributed by atoms with Crippen LogP contribution in [0, 0.1) is 0 Å². The number of rotatable bonds is 4. The van der Waals surface area contributed by atoms with Crippen molar-refractivity contribution in [2.24, 2.45) is 5.73 Å². The highest BCUT2D eigenvalue weighted by molar-refractivity contribution is 6.33. The lowest BCUT2D eigenvalue weighted by Crippen LogP contribution is -2.26. The van der Waals surface area contributed by atoms with Crippen LogP contribution < -0.4 is 5.73 Å². The van der Waals surface area contributed by atoms with Crippen molar-refractivity contribution >= 4 is 11.6 Å². The monoisotopic (exact) mass is 319 g/mol. The van der Waals surface area contributed by atoms with Crippen molar-refractivity contribution in [2.75, 3.05) is 6.61 Å². The van der Waals surface area contributed by atoms with Gasteiger partial charge in [-0.3, -0.25) is 0 Å². The maximum absolute atomic E-state index is 12.6. The largest absolute Gasteiger partial charge is 0.461 e. The van der Waals surface area contributed by atoms with Crippen molar-refractivity contribution < 1.29 is 22.7 Å². The van der Waals surface area contributed by atoms with Gasteiger partial charge in [-0.05, 0) is 30.3 Å². The number of hydrogen-bond acceptors (Lipinski definition) is 3. The van der Waals surface area contributed by atoms with Gasteiger partial charge in [0.15, 0.2) is 0 Å². The van der Waals surface area contributed by atoms with E-state index in [0.29, 0.717) is 23.5 Å². The van der Waals surface area contributed by atoms with Crippen LogP contribution in [-0.4, -0.2) is 17.8 Å². The van der Waals surface area contributed by atoms with Gasteiger partial charge in [-0.15, -0.1) is 0 Å². The molecule has 1 atom stereocenters. The van der Waals surface area contributed by atoms with Gasteiger partial charge in [-0.25, -0.2) is 0 Å². The minimum atomic E-state index is -4.44. The fourth-order valence-electron chi connectivity index (χ4n) is 1.85. The Balaban J connectivity index is 2.27. The summed E-state index contributed by atoms with van der Waals surface area (Å²) in [5.74, 6) is 0.886. The second-order valence-corrected chi connectivity index (χ2v) is 5.01. The fourth-order valence-corrected chi connectivity index (χ4v) is 2.12. The normalized spacial score (nSPS) is 13.4. The quantitative estimate of drug-likeness (QED) is 0.907. The number of aliphatic hydroxyl groups is 1. The lowest BCUT2D eigenvalue weighted by Gasteiger charge is -2.09. The van der Waals surface area contributed by atoms with Crippen molar-refractivity contribution in [3.63, 3.8) is 0 Å². The Kier molecular flexibility index (Phi) is 4.61. The van der Waals surface area contributed by atoms with Gasteiger partial charge in [0.25, 0.3) is 0 Å². The number of alkyl halides is 3. The van der Waals surface area contributed by atoms with E-state index in [1.54, 1.807) is 12.1 Å². The van der Waals surface area contributed by atoms with Gasteiger partial charge >= 0.3 is 6.18 Å². The molecule has 0 saturated heterocycles. The smallest absolute Gasteiger partial charge is 0.416 e. The average Bonchev–Trinajstić information content (AvgIpc) is 2.85. The number of benzene rings is 1. The lowest BCUT2D eigenvalue weighted by atomic mass is 10.1. The topological polar surface area (TPSA) is 59.4 Å². The average molecular weight is 320 g/mol. The second kappa shape index (κ2) is 6.09. The third-order valence-corrected chi connectivity index (χ3v) is 3.23. The molecule has 0 aliphatic carbocycles. The highest BCUT2D eigenvalue weighted by atomic mass is 35.5. The van der Waals surface area contributed by atoms with Gasteiger partial charge < -0.3 is 15.3 Å². The molecule has 21 heavy (non-hydrogen) atoms. The molecule has 0 aliphatic rings. The zero-order valence-corrected chi connectivity index (χ0v) is 11.6. The molecule has 0 aliphatic heterocycles. The van der Waals surface area contributed by atoms with Crippen molar-refractivity contribution in [3.05, 3.63) is 46.7 Å². The molecule has 3 nitrogen and oxygen atoms in total. The van der Waals surface area contributed by atoms with E-state index in [2.05, 4.69) is 0 Å². The number of nitrogens with two attached hydrogens (primary N) is 1. The van der Waals surface area contributed by atoms with Crippen LogP contribution in [0.2, 0.25) is 5.02 Å². The maximum atomic E-state index is 12.6. The molecule has 114 valence electrons. The Labute approximate surface area is 124 Å². The van der Waals surface area contributed by atoms with Crippen LogP contribution in [0.3, 0.4) is 0 Å². The number of aliphatic hydroxyl groups excluding tert-OH is 1. The van der Waals surface area contributed by atoms with E-state index in [9.17, 15) is 13.2 Å². The van der Waals surface area contributed by atoms with Gasteiger partial charge in [0.05, 0.1) is 17.2 Å². The zero-order valence-electron chi connectivity index (χ0n) is 10.8. The zero-order chi connectivity index (χ0) is 15.6. The Hall–Kier alpha value is -1.50. The van der Waals surface area contributed by atoms with Crippen molar-refractivity contribution in [2.45, 2.75) is 18.6 Å². The molecule has 7 heteroatoms. The van der Waals surface area contributed by atoms with Crippen LogP contribution in [0.4, 0.5) is 13.2 Å². The van der Waals surface area contributed by atoms with E-state index in [0.717, 1.165) is 12.1 Å². The predicted molar refractivity (Wildman–Crippen MR) is 72.9 cm³/mol. The SMILES string of the molecule is NC(CO)Cc1ccc(-c2ccc(C(F)(F)F)cc2Cl)o1. The van der Waals surface area contributed by atoms with Crippen LogP contribution in [0.15, 0.2) is 34.7 Å². The molecule has 0 amide bonds. The standard InChI is InChI=1S/C14H13ClF3NO2/c15-12-5-8(14(16,17)18)1-3-11(12)13-4-2-10(21-13)6-9(19)7-20/h1-5,9,20H,6-7,19H2. The molecule has 2 rings (SSSR count). The Morgan fingerprint density at radius 3 is 2.52 bits per heavy atom. The van der Waals surface area contributed by atoms with Gasteiger partial charge in [-0.1, -0.05) is 11.6 Å². The van der Waals surface area contributed by atoms with Gasteiger partial charge in [-0.2, -0.15) is 13.2 Å². The van der Waals surface area contributed by atoms with Crippen LogP contribution in [0.5, 0.6) is 0 Å². The Bertz CT molecular complexity index is 625. The summed E-state index contributed by atoms with van der Waals surface area (Å²) in [6, 6.07) is 5.88. The van der Waals surface area contributed by atoms with Gasteiger partial charge in [0.1, 0.15) is 11.5 Å². The van der Waals surface area contributed by atoms with Gasteiger partial charge in [0, 0.05) is 18.0 Å². The highest BCUT2D eigenvalue weighted by Crippen LogP contribution is 2.36. The summed E-state index contributed by atoms with van der Waals surface area (Å²) < 4.78 is 43.2. The van der Waals surface area contributed by atoms with E-state index >= 15 is 0 Å². The van der Waals surface area contributed by atoms with Crippen molar-refractivity contribution in [1.29, 1.82) is 0 Å². The summed E-state index contributed by atoms with van der Waals surface area (Å²) in [5, 5.41) is 8.83. The van der Waals surface area contributed by atoms with Crippen LogP contribution >= 0.6 is 11.6 Å². The predicted octanol–water partition coefficient (Wildman–Crippen LogP) is 3.48. The molecule has 0 saturated carbocycles. The van der Waals surface area contributed by atoms with Crippen LogP contribution in [-0.2, 0) is 12.6 Å².